The molecule has 0 N–H and O–H groups in total. The average Bonchev–Trinajstić information content (AvgIpc) is 3.73. The SMILES string of the molecule is c1ccc(-c2ccc3c(c2)c2cc(-c4ccccc4)ccc2n3-c2ccc(-c3ccc(-c4ccc5c(c4)oc4ccccc45)cc3)cc2)cc1. The van der Waals surface area contributed by atoms with Gasteiger partial charge in [-0.25, -0.2) is 0 Å². The lowest BCUT2D eigenvalue weighted by Crippen LogP contribution is -1.94. The van der Waals surface area contributed by atoms with Gasteiger partial charge < -0.3 is 8.98 Å². The van der Waals surface area contributed by atoms with Crippen molar-refractivity contribution in [3.63, 3.8) is 0 Å². The van der Waals surface area contributed by atoms with E-state index in [0.717, 1.165) is 33.2 Å². The number of hydrogen-bond acceptors (Lipinski definition) is 1. The molecule has 8 aromatic carbocycles. The molecule has 0 unspecified atom stereocenters. The highest BCUT2D eigenvalue weighted by Crippen LogP contribution is 2.38. The summed E-state index contributed by atoms with van der Waals surface area (Å²) in [6.45, 7) is 0. The van der Waals surface area contributed by atoms with Crippen molar-refractivity contribution in [1.29, 1.82) is 0 Å². The molecule has 0 spiro atoms. The van der Waals surface area contributed by atoms with E-state index >= 15 is 0 Å². The van der Waals surface area contributed by atoms with Crippen LogP contribution < -0.4 is 0 Å². The van der Waals surface area contributed by atoms with Crippen molar-refractivity contribution >= 4 is 43.7 Å². The molecule has 2 heteroatoms. The van der Waals surface area contributed by atoms with Crippen LogP contribution in [0.5, 0.6) is 0 Å². The lowest BCUT2D eigenvalue weighted by molar-refractivity contribution is 0.669. The van der Waals surface area contributed by atoms with Crippen LogP contribution in [0, 0.1) is 0 Å². The van der Waals surface area contributed by atoms with Crippen LogP contribution in [0.1, 0.15) is 0 Å². The summed E-state index contributed by atoms with van der Waals surface area (Å²) in [6.07, 6.45) is 0. The summed E-state index contributed by atoms with van der Waals surface area (Å²) in [5.41, 5.74) is 15.0. The predicted octanol–water partition coefficient (Wildman–Crippen LogP) is 13.4. The third kappa shape index (κ3) is 4.73. The summed E-state index contributed by atoms with van der Waals surface area (Å²) in [5, 5.41) is 4.81. The highest BCUT2D eigenvalue weighted by Gasteiger charge is 2.15. The quantitative estimate of drug-likeness (QED) is 0.184. The van der Waals surface area contributed by atoms with Crippen molar-refractivity contribution in [3.8, 4) is 50.2 Å². The van der Waals surface area contributed by atoms with E-state index in [1.54, 1.807) is 0 Å². The Balaban J connectivity index is 1.02. The average molecular weight is 638 g/mol. The third-order valence-corrected chi connectivity index (χ3v) is 10.0. The lowest BCUT2D eigenvalue weighted by Gasteiger charge is -2.11. The Morgan fingerprint density at radius 2 is 0.700 bits per heavy atom. The molecule has 0 radical (unpaired) electrons. The number of furan rings is 1. The van der Waals surface area contributed by atoms with Crippen LogP contribution in [0.3, 0.4) is 0 Å². The zero-order valence-electron chi connectivity index (χ0n) is 27.3. The Labute approximate surface area is 290 Å². The molecule has 10 aromatic rings. The van der Waals surface area contributed by atoms with Gasteiger partial charge in [0.05, 0.1) is 11.0 Å². The Morgan fingerprint density at radius 1 is 0.280 bits per heavy atom. The fourth-order valence-electron chi connectivity index (χ4n) is 7.49. The second-order valence-corrected chi connectivity index (χ2v) is 13.0. The van der Waals surface area contributed by atoms with Gasteiger partial charge in [0.1, 0.15) is 11.2 Å². The molecule has 0 atom stereocenters. The summed E-state index contributed by atoms with van der Waals surface area (Å²) < 4.78 is 8.55. The third-order valence-electron chi connectivity index (χ3n) is 10.0. The molecule has 2 nitrogen and oxygen atoms in total. The molecular formula is C48H31NO. The van der Waals surface area contributed by atoms with Crippen molar-refractivity contribution in [2.24, 2.45) is 0 Å². The van der Waals surface area contributed by atoms with Gasteiger partial charge in [-0.2, -0.15) is 0 Å². The fraction of sp³-hybridized carbons (Fsp3) is 0. The minimum absolute atomic E-state index is 0.918. The highest BCUT2D eigenvalue weighted by molar-refractivity contribution is 6.12. The van der Waals surface area contributed by atoms with Gasteiger partial charge in [0.2, 0.25) is 0 Å². The molecule has 0 aliphatic rings. The highest BCUT2D eigenvalue weighted by atomic mass is 16.3. The Kier molecular flexibility index (Phi) is 6.53. The number of nitrogens with zero attached hydrogens (tertiary/aromatic N) is 1. The van der Waals surface area contributed by atoms with E-state index in [2.05, 4.69) is 180 Å². The van der Waals surface area contributed by atoms with Crippen molar-refractivity contribution < 1.29 is 4.42 Å². The Morgan fingerprint density at radius 3 is 1.30 bits per heavy atom. The van der Waals surface area contributed by atoms with Crippen LogP contribution in [0.25, 0.3) is 93.9 Å². The first-order valence-electron chi connectivity index (χ1n) is 17.1. The molecule has 2 aromatic heterocycles. The van der Waals surface area contributed by atoms with Crippen molar-refractivity contribution in [1.82, 2.24) is 4.57 Å². The van der Waals surface area contributed by atoms with E-state index in [1.807, 2.05) is 12.1 Å². The zero-order chi connectivity index (χ0) is 33.0. The first kappa shape index (κ1) is 28.4. The normalized spacial score (nSPS) is 11.6. The summed E-state index contributed by atoms with van der Waals surface area (Å²) in [5.74, 6) is 0. The van der Waals surface area contributed by atoms with Gasteiger partial charge in [-0.15, -0.1) is 0 Å². The van der Waals surface area contributed by atoms with Gasteiger partial charge in [0.25, 0.3) is 0 Å². The molecular weight excluding hydrogens is 607 g/mol. The molecule has 10 rings (SSSR count). The van der Waals surface area contributed by atoms with Crippen LogP contribution in [0.15, 0.2) is 192 Å². The van der Waals surface area contributed by atoms with Crippen LogP contribution in [-0.2, 0) is 0 Å². The molecule has 2 heterocycles. The second-order valence-electron chi connectivity index (χ2n) is 13.0. The fourth-order valence-corrected chi connectivity index (χ4v) is 7.49. The van der Waals surface area contributed by atoms with Crippen molar-refractivity contribution in [3.05, 3.63) is 188 Å². The number of hydrogen-bond donors (Lipinski definition) is 0. The maximum Gasteiger partial charge on any atom is 0.136 e. The molecule has 50 heavy (non-hydrogen) atoms. The molecule has 0 saturated carbocycles. The topological polar surface area (TPSA) is 18.1 Å². The van der Waals surface area contributed by atoms with Crippen LogP contribution in [0.2, 0.25) is 0 Å². The van der Waals surface area contributed by atoms with Gasteiger partial charge in [-0.05, 0) is 99.1 Å². The van der Waals surface area contributed by atoms with Crippen molar-refractivity contribution in [2.75, 3.05) is 0 Å². The lowest BCUT2D eigenvalue weighted by atomic mass is 9.99. The van der Waals surface area contributed by atoms with E-state index in [1.165, 1.54) is 60.8 Å². The van der Waals surface area contributed by atoms with Crippen molar-refractivity contribution in [2.45, 2.75) is 0 Å². The number of para-hydroxylation sites is 1. The summed E-state index contributed by atoms with van der Waals surface area (Å²) in [7, 11) is 0. The molecule has 0 aliphatic heterocycles. The minimum Gasteiger partial charge on any atom is -0.456 e. The van der Waals surface area contributed by atoms with Crippen LogP contribution >= 0.6 is 0 Å². The van der Waals surface area contributed by atoms with E-state index < -0.39 is 0 Å². The van der Waals surface area contributed by atoms with Gasteiger partial charge in [-0.1, -0.05) is 133 Å². The largest absolute Gasteiger partial charge is 0.456 e. The molecule has 0 amide bonds. The number of rotatable bonds is 5. The minimum atomic E-state index is 0.918. The van der Waals surface area contributed by atoms with Crippen LogP contribution in [-0.4, -0.2) is 4.57 Å². The molecule has 0 bridgehead atoms. The first-order valence-corrected chi connectivity index (χ1v) is 17.1. The van der Waals surface area contributed by atoms with E-state index in [4.69, 9.17) is 4.42 Å². The van der Waals surface area contributed by atoms with E-state index in [9.17, 15) is 0 Å². The van der Waals surface area contributed by atoms with Gasteiger partial charge in [0, 0.05) is 27.2 Å². The maximum atomic E-state index is 6.15. The number of aromatic nitrogens is 1. The Hall–Kier alpha value is -6.64. The molecule has 0 fully saturated rings. The number of fused-ring (bicyclic) bond motifs is 6. The van der Waals surface area contributed by atoms with Gasteiger partial charge in [0.15, 0.2) is 0 Å². The first-order chi connectivity index (χ1) is 24.8. The monoisotopic (exact) mass is 637 g/mol. The molecule has 0 aliphatic carbocycles. The van der Waals surface area contributed by atoms with Crippen LogP contribution in [0.4, 0.5) is 0 Å². The van der Waals surface area contributed by atoms with E-state index in [-0.39, 0.29) is 0 Å². The molecule has 234 valence electrons. The summed E-state index contributed by atoms with van der Waals surface area (Å²) in [4.78, 5) is 0. The standard InChI is InChI=1S/C48H31NO/c1-3-9-32(10-4-1)37-22-27-45-43(29-37)44-30-38(33-11-5-2-6-12-33)23-28-46(44)49(45)40-24-19-35(20-25-40)34-15-17-36(18-16-34)39-21-26-42-41-13-7-8-14-47(41)50-48(42)31-39/h1-31H. The number of benzene rings is 8. The van der Waals surface area contributed by atoms with Gasteiger partial charge in [-0.3, -0.25) is 0 Å². The van der Waals surface area contributed by atoms with E-state index in [0.29, 0.717) is 0 Å². The van der Waals surface area contributed by atoms with Gasteiger partial charge >= 0.3 is 0 Å². The predicted molar refractivity (Wildman–Crippen MR) is 210 cm³/mol. The smallest absolute Gasteiger partial charge is 0.136 e. The second kappa shape index (κ2) is 11.5. The zero-order valence-corrected chi connectivity index (χ0v) is 27.3. The Bertz CT molecular complexity index is 2730. The maximum absolute atomic E-state index is 6.15. The molecule has 0 saturated heterocycles. The summed E-state index contributed by atoms with van der Waals surface area (Å²) >= 11 is 0. The summed E-state index contributed by atoms with van der Waals surface area (Å²) in [6, 6.07) is 67.5.